The Labute approximate surface area is 117 Å². The zero-order valence-corrected chi connectivity index (χ0v) is 11.3. The molecule has 2 rings (SSSR count). The summed E-state index contributed by atoms with van der Waals surface area (Å²) in [5.74, 6) is 0.00489. The van der Waals surface area contributed by atoms with Crippen molar-refractivity contribution in [3.05, 3.63) is 54.1 Å². The van der Waals surface area contributed by atoms with Crippen LogP contribution in [0.3, 0.4) is 0 Å². The van der Waals surface area contributed by atoms with Gasteiger partial charge in [-0.05, 0) is 24.3 Å². The molecule has 0 radical (unpaired) electrons. The van der Waals surface area contributed by atoms with Gasteiger partial charge in [0.2, 0.25) is 0 Å². The van der Waals surface area contributed by atoms with Crippen LogP contribution < -0.4 is 10.6 Å². The van der Waals surface area contributed by atoms with E-state index >= 15 is 0 Å². The summed E-state index contributed by atoms with van der Waals surface area (Å²) in [6.07, 6.45) is 4.20. The van der Waals surface area contributed by atoms with Gasteiger partial charge < -0.3 is 15.8 Å². The van der Waals surface area contributed by atoms with Gasteiger partial charge in [0.1, 0.15) is 5.69 Å². The van der Waals surface area contributed by atoms with Crippen LogP contribution in [0.5, 0.6) is 0 Å². The van der Waals surface area contributed by atoms with E-state index in [1.54, 1.807) is 12.4 Å². The van der Waals surface area contributed by atoms with Crippen LogP contribution >= 0.6 is 0 Å². The predicted molar refractivity (Wildman–Crippen MR) is 78.0 cm³/mol. The first-order valence-electron chi connectivity index (χ1n) is 6.26. The Morgan fingerprint density at radius 1 is 1.25 bits per heavy atom. The molecule has 104 valence electrons. The van der Waals surface area contributed by atoms with E-state index < -0.39 is 0 Å². The van der Waals surface area contributed by atoms with Crippen LogP contribution in [0.2, 0.25) is 0 Å². The average Bonchev–Trinajstić information content (AvgIpc) is 2.52. The van der Waals surface area contributed by atoms with E-state index in [-0.39, 0.29) is 5.84 Å². The Morgan fingerprint density at radius 3 is 2.75 bits per heavy atom. The molecule has 2 aromatic heterocycles. The molecule has 2 aromatic rings. The first-order valence-corrected chi connectivity index (χ1v) is 6.26. The van der Waals surface area contributed by atoms with Crippen molar-refractivity contribution in [1.82, 2.24) is 9.97 Å². The third-order valence-corrected chi connectivity index (χ3v) is 2.98. The standard InChI is InChI=1S/C14H17N5O/c1-19(10-7-11-5-2-3-8-16-11)12-6-4-9-17-13(12)14(15)18-20/h2-6,8-9,20H,7,10H2,1H3,(H2,15,18). The predicted octanol–water partition coefficient (Wildman–Crippen LogP) is 1.25. The molecule has 0 fully saturated rings. The Bertz CT molecular complexity index is 585. The molecule has 0 aliphatic heterocycles. The fraction of sp³-hybridized carbons (Fsp3) is 0.214. The number of aromatic nitrogens is 2. The molecule has 0 aliphatic rings. The van der Waals surface area contributed by atoms with E-state index in [0.717, 1.165) is 24.3 Å². The third-order valence-electron chi connectivity index (χ3n) is 2.98. The minimum atomic E-state index is 0.00489. The number of hydrogen-bond donors (Lipinski definition) is 2. The lowest BCUT2D eigenvalue weighted by atomic mass is 10.2. The summed E-state index contributed by atoms with van der Waals surface area (Å²) in [7, 11) is 1.94. The summed E-state index contributed by atoms with van der Waals surface area (Å²) in [5.41, 5.74) is 7.95. The highest BCUT2D eigenvalue weighted by molar-refractivity contribution is 6.00. The van der Waals surface area contributed by atoms with E-state index in [2.05, 4.69) is 15.1 Å². The Balaban J connectivity index is 2.11. The molecule has 2 heterocycles. The number of likely N-dealkylation sites (N-methyl/N-ethyl adjacent to an activating group) is 1. The van der Waals surface area contributed by atoms with Gasteiger partial charge in [-0.15, -0.1) is 0 Å². The second-order valence-corrected chi connectivity index (χ2v) is 4.35. The molecule has 20 heavy (non-hydrogen) atoms. The van der Waals surface area contributed by atoms with Gasteiger partial charge in [0, 0.05) is 38.1 Å². The van der Waals surface area contributed by atoms with E-state index in [0.29, 0.717) is 5.69 Å². The molecule has 0 bridgehead atoms. The van der Waals surface area contributed by atoms with Crippen LogP contribution in [0, 0.1) is 0 Å². The number of nitrogens with two attached hydrogens (primary N) is 1. The van der Waals surface area contributed by atoms with E-state index in [4.69, 9.17) is 10.9 Å². The van der Waals surface area contributed by atoms with Crippen molar-refractivity contribution in [3.8, 4) is 0 Å². The summed E-state index contributed by atoms with van der Waals surface area (Å²) in [6.45, 7) is 0.758. The second-order valence-electron chi connectivity index (χ2n) is 4.35. The molecule has 0 unspecified atom stereocenters. The van der Waals surface area contributed by atoms with Gasteiger partial charge in [0.15, 0.2) is 5.84 Å². The summed E-state index contributed by atoms with van der Waals surface area (Å²) in [5, 5.41) is 11.8. The molecule has 0 aromatic carbocycles. The van der Waals surface area contributed by atoms with Crippen molar-refractivity contribution >= 4 is 11.5 Å². The van der Waals surface area contributed by atoms with Gasteiger partial charge in [-0.2, -0.15) is 0 Å². The molecule has 0 saturated carbocycles. The summed E-state index contributed by atoms with van der Waals surface area (Å²) < 4.78 is 0. The van der Waals surface area contributed by atoms with Crippen LogP contribution in [0.4, 0.5) is 5.69 Å². The number of hydrogen-bond acceptors (Lipinski definition) is 5. The van der Waals surface area contributed by atoms with Crippen LogP contribution in [-0.4, -0.2) is 34.6 Å². The molecule has 0 amide bonds. The lowest BCUT2D eigenvalue weighted by molar-refractivity contribution is 0.318. The monoisotopic (exact) mass is 271 g/mol. The average molecular weight is 271 g/mol. The third kappa shape index (κ3) is 3.23. The summed E-state index contributed by atoms with van der Waals surface area (Å²) in [4.78, 5) is 10.4. The Hall–Kier alpha value is -2.63. The maximum atomic E-state index is 8.80. The molecule has 3 N–H and O–H groups in total. The van der Waals surface area contributed by atoms with Crippen molar-refractivity contribution in [2.75, 3.05) is 18.5 Å². The largest absolute Gasteiger partial charge is 0.409 e. The number of oxime groups is 1. The number of nitrogens with zero attached hydrogens (tertiary/aromatic N) is 4. The number of anilines is 1. The van der Waals surface area contributed by atoms with E-state index in [1.807, 2.05) is 42.3 Å². The lowest BCUT2D eigenvalue weighted by Gasteiger charge is -2.21. The number of rotatable bonds is 5. The zero-order valence-electron chi connectivity index (χ0n) is 11.3. The first kappa shape index (κ1) is 13.8. The molecule has 6 nitrogen and oxygen atoms in total. The Kier molecular flexibility index (Phi) is 4.49. The van der Waals surface area contributed by atoms with Crippen molar-refractivity contribution in [2.45, 2.75) is 6.42 Å². The number of pyridine rings is 2. The minimum Gasteiger partial charge on any atom is -0.409 e. The van der Waals surface area contributed by atoms with Crippen molar-refractivity contribution in [2.24, 2.45) is 10.9 Å². The molecule has 0 saturated heterocycles. The van der Waals surface area contributed by atoms with E-state index in [1.165, 1.54) is 0 Å². The van der Waals surface area contributed by atoms with Gasteiger partial charge in [0.25, 0.3) is 0 Å². The SMILES string of the molecule is CN(CCc1ccccn1)c1cccnc1/C(N)=N/O. The normalized spacial score (nSPS) is 11.3. The van der Waals surface area contributed by atoms with Gasteiger partial charge in [-0.1, -0.05) is 11.2 Å². The molecule has 0 atom stereocenters. The van der Waals surface area contributed by atoms with Gasteiger partial charge >= 0.3 is 0 Å². The fourth-order valence-corrected chi connectivity index (χ4v) is 1.90. The molecular weight excluding hydrogens is 254 g/mol. The fourth-order valence-electron chi connectivity index (χ4n) is 1.90. The zero-order chi connectivity index (χ0) is 14.4. The van der Waals surface area contributed by atoms with Crippen LogP contribution in [0.15, 0.2) is 47.9 Å². The molecule has 0 aliphatic carbocycles. The van der Waals surface area contributed by atoms with Crippen LogP contribution in [-0.2, 0) is 6.42 Å². The van der Waals surface area contributed by atoms with Crippen molar-refractivity contribution < 1.29 is 5.21 Å². The lowest BCUT2D eigenvalue weighted by Crippen LogP contribution is -2.26. The van der Waals surface area contributed by atoms with Gasteiger partial charge in [-0.3, -0.25) is 9.97 Å². The van der Waals surface area contributed by atoms with Gasteiger partial charge in [0.05, 0.1) is 5.69 Å². The summed E-state index contributed by atoms with van der Waals surface area (Å²) >= 11 is 0. The molecule has 0 spiro atoms. The highest BCUT2D eigenvalue weighted by Crippen LogP contribution is 2.16. The second kappa shape index (κ2) is 6.51. The minimum absolute atomic E-state index is 0.00489. The topological polar surface area (TPSA) is 87.6 Å². The molecular formula is C14H17N5O. The quantitative estimate of drug-likeness (QED) is 0.370. The smallest absolute Gasteiger partial charge is 0.190 e. The number of amidine groups is 1. The maximum absolute atomic E-state index is 8.80. The van der Waals surface area contributed by atoms with Gasteiger partial charge in [-0.25, -0.2) is 0 Å². The van der Waals surface area contributed by atoms with Crippen molar-refractivity contribution in [3.63, 3.8) is 0 Å². The summed E-state index contributed by atoms with van der Waals surface area (Å²) in [6, 6.07) is 9.56. The van der Waals surface area contributed by atoms with E-state index in [9.17, 15) is 0 Å². The molecule has 6 heteroatoms. The highest BCUT2D eigenvalue weighted by Gasteiger charge is 2.12. The first-order chi connectivity index (χ1) is 9.72. The Morgan fingerprint density at radius 2 is 2.05 bits per heavy atom. The van der Waals surface area contributed by atoms with Crippen LogP contribution in [0.25, 0.3) is 0 Å². The van der Waals surface area contributed by atoms with Crippen LogP contribution in [0.1, 0.15) is 11.4 Å². The van der Waals surface area contributed by atoms with Crippen molar-refractivity contribution in [1.29, 1.82) is 0 Å². The highest BCUT2D eigenvalue weighted by atomic mass is 16.4. The maximum Gasteiger partial charge on any atom is 0.190 e.